The van der Waals surface area contributed by atoms with Gasteiger partial charge in [0.25, 0.3) is 10.1 Å². The molecule has 0 aromatic rings. The lowest BCUT2D eigenvalue weighted by Gasteiger charge is -2.15. The molecule has 0 amide bonds. The second-order valence-corrected chi connectivity index (χ2v) is 5.20. The van der Waals surface area contributed by atoms with E-state index in [1.54, 1.807) is 6.92 Å². The van der Waals surface area contributed by atoms with Crippen LogP contribution in [0.2, 0.25) is 0 Å². The maximum Gasteiger partial charge on any atom is 0.341 e. The Kier molecular flexibility index (Phi) is 4.49. The summed E-state index contributed by atoms with van der Waals surface area (Å²) in [4.78, 5) is 11.6. The molecule has 6 heteroatoms. The third-order valence-electron chi connectivity index (χ3n) is 2.18. The summed E-state index contributed by atoms with van der Waals surface area (Å²) in [5.74, 6) is -0.638. The van der Waals surface area contributed by atoms with Gasteiger partial charge in [0.05, 0.1) is 12.9 Å². The van der Waals surface area contributed by atoms with E-state index in [0.29, 0.717) is 12.0 Å². The topological polar surface area (TPSA) is 69.7 Å². The van der Waals surface area contributed by atoms with Crippen LogP contribution in [0.3, 0.4) is 0 Å². The molecule has 0 N–H and O–H groups in total. The fourth-order valence-electron chi connectivity index (χ4n) is 1.58. The van der Waals surface area contributed by atoms with Crippen molar-refractivity contribution in [2.24, 2.45) is 0 Å². The zero-order valence-electron chi connectivity index (χ0n) is 9.43. The second kappa shape index (κ2) is 5.45. The fourth-order valence-corrected chi connectivity index (χ4v) is 2.13. The molecule has 0 radical (unpaired) electrons. The van der Waals surface area contributed by atoms with Gasteiger partial charge >= 0.3 is 5.97 Å². The largest absolute Gasteiger partial charge is 0.464 e. The maximum atomic E-state index is 11.6. The van der Waals surface area contributed by atoms with E-state index in [9.17, 15) is 13.2 Å². The van der Waals surface area contributed by atoms with E-state index in [2.05, 4.69) is 0 Å². The molecule has 1 aliphatic rings. The van der Waals surface area contributed by atoms with Crippen LogP contribution >= 0.6 is 0 Å². The van der Waals surface area contributed by atoms with E-state index in [4.69, 9.17) is 8.92 Å². The van der Waals surface area contributed by atoms with Crippen molar-refractivity contribution in [1.29, 1.82) is 0 Å². The van der Waals surface area contributed by atoms with Crippen LogP contribution in [0.15, 0.2) is 11.6 Å². The molecule has 0 saturated heterocycles. The normalized spacial score (nSPS) is 18.0. The first-order valence-corrected chi connectivity index (χ1v) is 6.99. The Morgan fingerprint density at radius 2 is 2.25 bits per heavy atom. The number of allylic oxidation sites excluding steroid dienone is 1. The van der Waals surface area contributed by atoms with Gasteiger partial charge in [-0.3, -0.25) is 4.18 Å². The first-order valence-electron chi connectivity index (χ1n) is 5.18. The molecule has 0 heterocycles. The molecule has 0 saturated carbocycles. The van der Waals surface area contributed by atoms with Crippen LogP contribution in [0.25, 0.3) is 0 Å². The van der Waals surface area contributed by atoms with Gasteiger partial charge in [0.2, 0.25) is 0 Å². The Bertz CT molecular complexity index is 382. The lowest BCUT2D eigenvalue weighted by molar-refractivity contribution is -0.149. The minimum absolute atomic E-state index is 0.204. The van der Waals surface area contributed by atoms with E-state index >= 15 is 0 Å². The predicted molar refractivity (Wildman–Crippen MR) is 58.3 cm³/mol. The highest BCUT2D eigenvalue weighted by molar-refractivity contribution is 7.86. The van der Waals surface area contributed by atoms with E-state index in [0.717, 1.165) is 19.1 Å². The van der Waals surface area contributed by atoms with Gasteiger partial charge in [0.1, 0.15) is 0 Å². The van der Waals surface area contributed by atoms with E-state index in [-0.39, 0.29) is 6.61 Å². The summed E-state index contributed by atoms with van der Waals surface area (Å²) < 4.78 is 31.7. The summed E-state index contributed by atoms with van der Waals surface area (Å²) in [7, 11) is -3.67. The molecule has 0 aromatic heterocycles. The van der Waals surface area contributed by atoms with Crippen molar-refractivity contribution in [3.05, 3.63) is 11.6 Å². The monoisotopic (exact) mass is 248 g/mol. The zero-order chi connectivity index (χ0) is 12.2. The molecule has 1 aliphatic carbocycles. The molecule has 16 heavy (non-hydrogen) atoms. The van der Waals surface area contributed by atoms with Crippen LogP contribution in [0, 0.1) is 0 Å². The number of hydrogen-bond acceptors (Lipinski definition) is 5. The summed E-state index contributed by atoms with van der Waals surface area (Å²) in [6.45, 7) is 1.87. The van der Waals surface area contributed by atoms with Crippen molar-refractivity contribution in [2.45, 2.75) is 32.3 Å². The number of carbonyl (C=O) groups is 1. The van der Waals surface area contributed by atoms with Crippen molar-refractivity contribution in [3.63, 3.8) is 0 Å². The van der Waals surface area contributed by atoms with Gasteiger partial charge < -0.3 is 4.74 Å². The van der Waals surface area contributed by atoms with Gasteiger partial charge in [-0.2, -0.15) is 8.42 Å². The number of rotatable bonds is 5. The summed E-state index contributed by atoms with van der Waals surface area (Å²) in [6.07, 6.45) is 4.11. The van der Waals surface area contributed by atoms with Crippen molar-refractivity contribution in [3.8, 4) is 0 Å². The Hall–Kier alpha value is -0.880. The summed E-state index contributed by atoms with van der Waals surface area (Å²) in [5, 5.41) is 0. The lowest BCUT2D eigenvalue weighted by atomic mass is 10.1. The van der Waals surface area contributed by atoms with Gasteiger partial charge in [-0.05, 0) is 31.8 Å². The first-order chi connectivity index (χ1) is 7.44. The standard InChI is InChI=1S/C10H16O5S/c1-3-14-10(11)9(15-16(2,12)13)8-6-4-5-7-8/h6,9H,3-5,7H2,1-2H3. The van der Waals surface area contributed by atoms with Crippen molar-refractivity contribution in [1.82, 2.24) is 0 Å². The molecule has 0 aliphatic heterocycles. The predicted octanol–water partition coefficient (Wildman–Crippen LogP) is 1.00. The Morgan fingerprint density at radius 3 is 2.69 bits per heavy atom. The Morgan fingerprint density at radius 1 is 1.56 bits per heavy atom. The van der Waals surface area contributed by atoms with Crippen molar-refractivity contribution >= 4 is 16.1 Å². The SMILES string of the molecule is CCOC(=O)C(OS(C)(=O)=O)C1=CCCC1. The fraction of sp³-hybridized carbons (Fsp3) is 0.700. The van der Waals surface area contributed by atoms with Crippen LogP contribution < -0.4 is 0 Å². The molecule has 1 atom stereocenters. The summed E-state index contributed by atoms with van der Waals surface area (Å²) in [6, 6.07) is 0. The quantitative estimate of drug-likeness (QED) is 0.412. The van der Waals surface area contributed by atoms with Crippen LogP contribution in [0.5, 0.6) is 0 Å². The molecule has 92 valence electrons. The van der Waals surface area contributed by atoms with E-state index in [1.165, 1.54) is 0 Å². The lowest BCUT2D eigenvalue weighted by Crippen LogP contribution is -2.30. The van der Waals surface area contributed by atoms with Crippen molar-refractivity contribution in [2.75, 3.05) is 12.9 Å². The van der Waals surface area contributed by atoms with Crippen molar-refractivity contribution < 1.29 is 22.1 Å². The van der Waals surface area contributed by atoms with Gasteiger partial charge in [0.15, 0.2) is 6.10 Å². The highest BCUT2D eigenvalue weighted by atomic mass is 32.2. The minimum atomic E-state index is -3.67. The van der Waals surface area contributed by atoms with Gasteiger partial charge in [-0.15, -0.1) is 0 Å². The third-order valence-corrected chi connectivity index (χ3v) is 2.73. The maximum absolute atomic E-state index is 11.6. The smallest absolute Gasteiger partial charge is 0.341 e. The molecular weight excluding hydrogens is 232 g/mol. The second-order valence-electron chi connectivity index (χ2n) is 3.60. The number of ether oxygens (including phenoxy) is 1. The number of esters is 1. The molecule has 0 aromatic carbocycles. The molecule has 0 spiro atoms. The van der Waals surface area contributed by atoms with Crippen LogP contribution in [0.1, 0.15) is 26.2 Å². The molecule has 0 bridgehead atoms. The van der Waals surface area contributed by atoms with Gasteiger partial charge in [-0.25, -0.2) is 4.79 Å². The summed E-state index contributed by atoms with van der Waals surface area (Å²) in [5.41, 5.74) is 0.698. The Labute approximate surface area is 95.6 Å². The highest BCUT2D eigenvalue weighted by Crippen LogP contribution is 2.24. The average molecular weight is 248 g/mol. The number of carbonyl (C=O) groups excluding carboxylic acids is 1. The zero-order valence-corrected chi connectivity index (χ0v) is 10.2. The van der Waals surface area contributed by atoms with E-state index < -0.39 is 22.2 Å². The molecule has 5 nitrogen and oxygen atoms in total. The van der Waals surface area contributed by atoms with Gasteiger partial charge in [0, 0.05) is 0 Å². The summed E-state index contributed by atoms with van der Waals surface area (Å²) >= 11 is 0. The van der Waals surface area contributed by atoms with Crippen LogP contribution in [0.4, 0.5) is 0 Å². The average Bonchev–Trinajstić information content (AvgIpc) is 2.65. The van der Waals surface area contributed by atoms with Crippen LogP contribution in [-0.4, -0.2) is 33.4 Å². The minimum Gasteiger partial charge on any atom is -0.464 e. The highest BCUT2D eigenvalue weighted by Gasteiger charge is 2.30. The molecule has 0 fully saturated rings. The number of hydrogen-bond donors (Lipinski definition) is 0. The molecular formula is C10H16O5S. The molecule has 1 rings (SSSR count). The first kappa shape index (κ1) is 13.2. The molecule has 1 unspecified atom stereocenters. The third kappa shape index (κ3) is 3.94. The van der Waals surface area contributed by atoms with Crippen LogP contribution in [-0.2, 0) is 23.8 Å². The van der Waals surface area contributed by atoms with Gasteiger partial charge in [-0.1, -0.05) is 6.08 Å². The van der Waals surface area contributed by atoms with E-state index in [1.807, 2.05) is 6.08 Å². The Balaban J connectivity index is 2.80.